The zero-order chi connectivity index (χ0) is 15.3. The number of aliphatic hydroxyl groups is 1. The molecule has 3 rings (SSSR count). The molecule has 6 heteroatoms. The SMILES string of the molecule is CC1(C)OB(c2ccc(OC3CC(O)C3)nc2)OC1(C)C. The Bertz CT molecular complexity index is 495. The summed E-state index contributed by atoms with van der Waals surface area (Å²) in [5, 5.41) is 9.25. The summed E-state index contributed by atoms with van der Waals surface area (Å²) in [5.41, 5.74) is 0.179. The molecule has 1 aliphatic carbocycles. The Kier molecular flexibility index (Phi) is 3.51. The van der Waals surface area contributed by atoms with Crippen LogP contribution in [0.1, 0.15) is 40.5 Å². The third-order valence-electron chi connectivity index (χ3n) is 4.64. The summed E-state index contributed by atoms with van der Waals surface area (Å²) in [6.07, 6.45) is 2.95. The third kappa shape index (κ3) is 2.80. The molecule has 2 heterocycles. The number of nitrogens with zero attached hydrogens (tertiary/aromatic N) is 1. The van der Waals surface area contributed by atoms with Crippen molar-refractivity contribution in [1.82, 2.24) is 4.98 Å². The van der Waals surface area contributed by atoms with Gasteiger partial charge in [-0.3, -0.25) is 0 Å². The van der Waals surface area contributed by atoms with Crippen molar-refractivity contribution >= 4 is 12.6 Å². The summed E-state index contributed by atoms with van der Waals surface area (Å²) in [6.45, 7) is 8.11. The molecule has 1 N–H and O–H groups in total. The predicted molar refractivity (Wildman–Crippen MR) is 79.6 cm³/mol. The van der Waals surface area contributed by atoms with Crippen molar-refractivity contribution in [3.8, 4) is 5.88 Å². The van der Waals surface area contributed by atoms with Gasteiger partial charge in [0.25, 0.3) is 0 Å². The molecular formula is C15H22BNO4. The van der Waals surface area contributed by atoms with E-state index in [-0.39, 0.29) is 23.4 Å². The molecule has 0 bridgehead atoms. The van der Waals surface area contributed by atoms with Crippen LogP contribution in [0.15, 0.2) is 18.3 Å². The van der Waals surface area contributed by atoms with E-state index in [0.29, 0.717) is 18.7 Å². The van der Waals surface area contributed by atoms with Gasteiger partial charge >= 0.3 is 7.12 Å². The minimum Gasteiger partial charge on any atom is -0.474 e. The van der Waals surface area contributed by atoms with Crippen LogP contribution < -0.4 is 10.2 Å². The van der Waals surface area contributed by atoms with Crippen molar-refractivity contribution in [2.24, 2.45) is 0 Å². The van der Waals surface area contributed by atoms with Crippen LogP contribution in [0.2, 0.25) is 0 Å². The van der Waals surface area contributed by atoms with Gasteiger partial charge in [0.1, 0.15) is 6.10 Å². The second-order valence-corrected chi connectivity index (χ2v) is 6.88. The minimum atomic E-state index is -0.401. The molecule has 114 valence electrons. The maximum absolute atomic E-state index is 9.25. The van der Waals surface area contributed by atoms with E-state index < -0.39 is 7.12 Å². The summed E-state index contributed by atoms with van der Waals surface area (Å²) < 4.78 is 17.6. The number of rotatable bonds is 3. The Balaban J connectivity index is 1.65. The molecule has 0 unspecified atom stereocenters. The van der Waals surface area contributed by atoms with E-state index in [1.165, 1.54) is 0 Å². The van der Waals surface area contributed by atoms with Gasteiger partial charge in [-0.1, -0.05) is 6.07 Å². The molecule has 0 atom stereocenters. The number of aromatic nitrogens is 1. The van der Waals surface area contributed by atoms with Gasteiger partial charge in [0, 0.05) is 24.5 Å². The molecule has 0 aromatic carbocycles. The second kappa shape index (κ2) is 4.97. The first-order valence-electron chi connectivity index (χ1n) is 7.43. The summed E-state index contributed by atoms with van der Waals surface area (Å²) in [6, 6.07) is 3.74. The number of hydrogen-bond donors (Lipinski definition) is 1. The highest BCUT2D eigenvalue weighted by atomic mass is 16.7. The molecule has 1 saturated carbocycles. The van der Waals surface area contributed by atoms with Crippen molar-refractivity contribution in [2.75, 3.05) is 0 Å². The first-order chi connectivity index (χ1) is 9.77. The Morgan fingerprint density at radius 3 is 2.29 bits per heavy atom. The van der Waals surface area contributed by atoms with E-state index in [1.54, 1.807) is 6.20 Å². The van der Waals surface area contributed by atoms with E-state index in [4.69, 9.17) is 14.0 Å². The highest BCUT2D eigenvalue weighted by Gasteiger charge is 2.51. The Labute approximate surface area is 125 Å². The van der Waals surface area contributed by atoms with Crippen LogP contribution in [0, 0.1) is 0 Å². The molecule has 0 spiro atoms. The largest absolute Gasteiger partial charge is 0.496 e. The lowest BCUT2D eigenvalue weighted by Crippen LogP contribution is -2.41. The van der Waals surface area contributed by atoms with E-state index in [9.17, 15) is 5.11 Å². The number of aliphatic hydroxyl groups excluding tert-OH is 1. The highest BCUT2D eigenvalue weighted by molar-refractivity contribution is 6.62. The van der Waals surface area contributed by atoms with Crippen LogP contribution in [-0.4, -0.2) is 40.6 Å². The van der Waals surface area contributed by atoms with E-state index >= 15 is 0 Å². The topological polar surface area (TPSA) is 60.8 Å². The Morgan fingerprint density at radius 1 is 1.19 bits per heavy atom. The van der Waals surface area contributed by atoms with Gasteiger partial charge in [0.05, 0.1) is 17.3 Å². The average molecular weight is 291 g/mol. The fourth-order valence-corrected chi connectivity index (χ4v) is 2.38. The van der Waals surface area contributed by atoms with Crippen LogP contribution in [0.25, 0.3) is 0 Å². The molecule has 5 nitrogen and oxygen atoms in total. The number of pyridine rings is 1. The smallest absolute Gasteiger partial charge is 0.474 e. The highest BCUT2D eigenvalue weighted by Crippen LogP contribution is 2.36. The molecule has 1 aromatic heterocycles. The number of hydrogen-bond acceptors (Lipinski definition) is 5. The van der Waals surface area contributed by atoms with Gasteiger partial charge in [0.15, 0.2) is 0 Å². The second-order valence-electron chi connectivity index (χ2n) is 6.88. The summed E-state index contributed by atoms with van der Waals surface area (Å²) in [4.78, 5) is 4.30. The van der Waals surface area contributed by atoms with Crippen LogP contribution in [-0.2, 0) is 9.31 Å². The first-order valence-corrected chi connectivity index (χ1v) is 7.43. The average Bonchev–Trinajstić information content (AvgIpc) is 2.57. The zero-order valence-electron chi connectivity index (χ0n) is 13.0. The van der Waals surface area contributed by atoms with E-state index in [2.05, 4.69) is 4.98 Å². The summed E-state index contributed by atoms with van der Waals surface area (Å²) in [5.74, 6) is 0.576. The first kappa shape index (κ1) is 14.8. The Hall–Kier alpha value is -1.11. The third-order valence-corrected chi connectivity index (χ3v) is 4.64. The van der Waals surface area contributed by atoms with E-state index in [0.717, 1.165) is 5.46 Å². The Morgan fingerprint density at radius 2 is 1.81 bits per heavy atom. The van der Waals surface area contributed by atoms with Gasteiger partial charge in [-0.25, -0.2) is 4.98 Å². The molecule has 2 aliphatic rings. The number of ether oxygens (including phenoxy) is 1. The van der Waals surface area contributed by atoms with Gasteiger partial charge in [0.2, 0.25) is 5.88 Å². The lowest BCUT2D eigenvalue weighted by atomic mass is 9.80. The van der Waals surface area contributed by atoms with Crippen molar-refractivity contribution in [3.05, 3.63) is 18.3 Å². The van der Waals surface area contributed by atoms with Crippen molar-refractivity contribution in [1.29, 1.82) is 0 Å². The van der Waals surface area contributed by atoms with Crippen LogP contribution >= 0.6 is 0 Å². The van der Waals surface area contributed by atoms with Crippen molar-refractivity contribution < 1.29 is 19.2 Å². The van der Waals surface area contributed by atoms with Crippen molar-refractivity contribution in [3.63, 3.8) is 0 Å². The zero-order valence-corrected chi connectivity index (χ0v) is 13.0. The lowest BCUT2D eigenvalue weighted by Gasteiger charge is -2.32. The molecule has 1 aromatic rings. The normalized spacial score (nSPS) is 30.0. The predicted octanol–water partition coefficient (Wildman–Crippen LogP) is 1.28. The fourth-order valence-electron chi connectivity index (χ4n) is 2.38. The van der Waals surface area contributed by atoms with Gasteiger partial charge in [-0.15, -0.1) is 0 Å². The monoisotopic (exact) mass is 291 g/mol. The van der Waals surface area contributed by atoms with Crippen LogP contribution in [0.4, 0.5) is 0 Å². The van der Waals surface area contributed by atoms with Gasteiger partial charge in [-0.2, -0.15) is 0 Å². The van der Waals surface area contributed by atoms with Crippen LogP contribution in [0.3, 0.4) is 0 Å². The van der Waals surface area contributed by atoms with Crippen LogP contribution in [0.5, 0.6) is 5.88 Å². The molecule has 1 aliphatic heterocycles. The van der Waals surface area contributed by atoms with Gasteiger partial charge < -0.3 is 19.2 Å². The quantitative estimate of drug-likeness (QED) is 0.850. The molecule has 2 fully saturated rings. The van der Waals surface area contributed by atoms with Gasteiger partial charge in [-0.05, 0) is 33.8 Å². The fraction of sp³-hybridized carbons (Fsp3) is 0.667. The molecule has 0 amide bonds. The lowest BCUT2D eigenvalue weighted by molar-refractivity contribution is -0.0128. The standard InChI is InChI=1S/C15H22BNO4/c1-14(2)15(3,4)21-16(20-14)10-5-6-13(17-9-10)19-12-7-11(18)8-12/h5-6,9,11-12,18H,7-8H2,1-4H3. The maximum Gasteiger partial charge on any atom is 0.496 e. The minimum absolute atomic E-state index is 0.0789. The molecule has 21 heavy (non-hydrogen) atoms. The maximum atomic E-state index is 9.25. The molecule has 1 saturated heterocycles. The van der Waals surface area contributed by atoms with E-state index in [1.807, 2.05) is 39.8 Å². The molecule has 0 radical (unpaired) electrons. The van der Waals surface area contributed by atoms with Crippen molar-refractivity contribution in [2.45, 2.75) is 63.9 Å². The summed E-state index contributed by atoms with van der Waals surface area (Å²) in [7, 11) is -0.401. The summed E-state index contributed by atoms with van der Waals surface area (Å²) >= 11 is 0. The molecular weight excluding hydrogens is 269 g/mol.